The Kier molecular flexibility index (Phi) is 2.14. The summed E-state index contributed by atoms with van der Waals surface area (Å²) in [4.78, 5) is 13.1. The first-order valence-electron chi connectivity index (χ1n) is 5.02. The molecule has 0 N–H and O–H groups in total. The number of halogens is 2. The predicted octanol–water partition coefficient (Wildman–Crippen LogP) is 1.55. The number of carbonyl (C=O) groups excluding carboxylic acids is 1. The first kappa shape index (κ1) is 10.0. The van der Waals surface area contributed by atoms with Crippen LogP contribution >= 0.6 is 0 Å². The van der Waals surface area contributed by atoms with Gasteiger partial charge < -0.3 is 0 Å². The molecule has 2 aliphatic rings. The maximum atomic E-state index is 13.4. The van der Waals surface area contributed by atoms with E-state index in [0.29, 0.717) is 13.0 Å². The number of rotatable bonds is 1. The monoisotopic (exact) mass is 203 g/mol. The Morgan fingerprint density at radius 3 is 2.71 bits per heavy atom. The summed E-state index contributed by atoms with van der Waals surface area (Å²) < 4.78 is 26.7. The Morgan fingerprint density at radius 1 is 1.50 bits per heavy atom. The van der Waals surface area contributed by atoms with E-state index in [9.17, 15) is 13.6 Å². The molecule has 80 valence electrons. The predicted molar refractivity (Wildman–Crippen MR) is 48.3 cm³/mol. The van der Waals surface area contributed by atoms with Gasteiger partial charge in [-0.05, 0) is 26.3 Å². The molecule has 1 saturated heterocycles. The maximum absolute atomic E-state index is 13.4. The minimum Gasteiger partial charge on any atom is -0.298 e. The van der Waals surface area contributed by atoms with Gasteiger partial charge in [0.1, 0.15) is 5.78 Å². The number of carbonyl (C=O) groups is 1. The third-order valence-electron chi connectivity index (χ3n) is 3.65. The van der Waals surface area contributed by atoms with Gasteiger partial charge in [-0.25, -0.2) is 8.78 Å². The van der Waals surface area contributed by atoms with Gasteiger partial charge in [0.05, 0.1) is 6.04 Å². The lowest BCUT2D eigenvalue weighted by atomic mass is 9.91. The molecule has 1 saturated carbocycles. The molecule has 2 rings (SSSR count). The van der Waals surface area contributed by atoms with Crippen molar-refractivity contribution in [1.29, 1.82) is 0 Å². The maximum Gasteiger partial charge on any atom is 0.252 e. The Labute approximate surface area is 82.3 Å². The van der Waals surface area contributed by atoms with Crippen LogP contribution in [-0.4, -0.2) is 36.2 Å². The van der Waals surface area contributed by atoms with E-state index in [2.05, 4.69) is 0 Å². The zero-order chi connectivity index (χ0) is 10.5. The molecule has 1 heterocycles. The fourth-order valence-electron chi connectivity index (χ4n) is 3.07. The lowest BCUT2D eigenvalue weighted by Crippen LogP contribution is -2.35. The van der Waals surface area contributed by atoms with E-state index >= 15 is 0 Å². The second kappa shape index (κ2) is 2.99. The minimum absolute atomic E-state index is 0.0256. The molecular formula is C10H15F2NO. The third kappa shape index (κ3) is 1.28. The zero-order valence-electron chi connectivity index (χ0n) is 8.46. The summed E-state index contributed by atoms with van der Waals surface area (Å²) >= 11 is 0. The molecule has 4 heteroatoms. The highest BCUT2D eigenvalue weighted by Gasteiger charge is 2.57. The van der Waals surface area contributed by atoms with Gasteiger partial charge in [0.15, 0.2) is 0 Å². The van der Waals surface area contributed by atoms with Crippen molar-refractivity contribution >= 4 is 5.78 Å². The summed E-state index contributed by atoms with van der Waals surface area (Å²) in [5, 5.41) is 0. The van der Waals surface area contributed by atoms with Crippen LogP contribution in [0.2, 0.25) is 0 Å². The van der Waals surface area contributed by atoms with Crippen LogP contribution in [0, 0.1) is 11.8 Å². The molecule has 2 fully saturated rings. The molecule has 0 amide bonds. The van der Waals surface area contributed by atoms with Crippen LogP contribution < -0.4 is 0 Å². The second-order valence-electron chi connectivity index (χ2n) is 4.57. The quantitative estimate of drug-likeness (QED) is 0.644. The molecular weight excluding hydrogens is 188 g/mol. The standard InChI is InChI=1S/C10H15F2NO/c1-6(14)9-7-3-4-10(11,12)8(7)5-13(9)2/h7-9H,3-5H2,1-2H3/t7-,8-,9?/m0/s1. The van der Waals surface area contributed by atoms with Gasteiger partial charge in [-0.3, -0.25) is 9.69 Å². The van der Waals surface area contributed by atoms with Gasteiger partial charge in [0, 0.05) is 18.9 Å². The average molecular weight is 203 g/mol. The molecule has 1 aliphatic carbocycles. The lowest BCUT2D eigenvalue weighted by Gasteiger charge is -2.20. The number of fused-ring (bicyclic) bond motifs is 1. The normalized spacial score (nSPS) is 41.3. The van der Waals surface area contributed by atoms with Crippen LogP contribution in [0.4, 0.5) is 8.78 Å². The van der Waals surface area contributed by atoms with Crippen LogP contribution in [0.3, 0.4) is 0 Å². The molecule has 3 atom stereocenters. The summed E-state index contributed by atoms with van der Waals surface area (Å²) in [5.74, 6) is -3.24. The van der Waals surface area contributed by atoms with E-state index in [4.69, 9.17) is 0 Å². The molecule has 14 heavy (non-hydrogen) atoms. The molecule has 0 aromatic carbocycles. The first-order valence-corrected chi connectivity index (χ1v) is 5.02. The number of likely N-dealkylation sites (tertiary alicyclic amines) is 1. The Balaban J connectivity index is 2.23. The molecule has 1 unspecified atom stereocenters. The molecule has 1 aliphatic heterocycles. The highest BCUT2D eigenvalue weighted by atomic mass is 19.3. The Hall–Kier alpha value is -0.510. The average Bonchev–Trinajstić information content (AvgIpc) is 2.50. The minimum atomic E-state index is -2.55. The van der Waals surface area contributed by atoms with Crippen molar-refractivity contribution in [2.45, 2.75) is 31.7 Å². The van der Waals surface area contributed by atoms with Crippen molar-refractivity contribution in [3.63, 3.8) is 0 Å². The summed E-state index contributed by atoms with van der Waals surface area (Å²) in [6.45, 7) is 1.86. The van der Waals surface area contributed by atoms with Crippen molar-refractivity contribution in [2.75, 3.05) is 13.6 Å². The molecule has 0 aromatic rings. The van der Waals surface area contributed by atoms with E-state index in [1.807, 2.05) is 0 Å². The van der Waals surface area contributed by atoms with Crippen LogP contribution in [0.15, 0.2) is 0 Å². The molecule has 0 aromatic heterocycles. The first-order chi connectivity index (χ1) is 6.43. The molecule has 2 nitrogen and oxygen atoms in total. The van der Waals surface area contributed by atoms with E-state index < -0.39 is 11.8 Å². The molecule has 0 bridgehead atoms. The topological polar surface area (TPSA) is 20.3 Å². The SMILES string of the molecule is CC(=O)C1[C@H]2CCC(F)(F)[C@H]2CN1C. The molecule has 0 radical (unpaired) electrons. The Morgan fingerprint density at radius 2 is 2.14 bits per heavy atom. The zero-order valence-corrected chi connectivity index (χ0v) is 8.46. The van der Waals surface area contributed by atoms with E-state index in [1.165, 1.54) is 6.92 Å². The van der Waals surface area contributed by atoms with E-state index in [1.54, 1.807) is 11.9 Å². The number of Topliss-reactive ketones (excluding diaryl/α,β-unsaturated/α-hetero) is 1. The fraction of sp³-hybridized carbons (Fsp3) is 0.900. The van der Waals surface area contributed by atoms with Gasteiger partial charge in [0.25, 0.3) is 5.92 Å². The third-order valence-corrected chi connectivity index (χ3v) is 3.65. The number of likely N-dealkylation sites (N-methyl/N-ethyl adjacent to an activating group) is 1. The van der Waals surface area contributed by atoms with Crippen molar-refractivity contribution in [3.05, 3.63) is 0 Å². The van der Waals surface area contributed by atoms with Crippen molar-refractivity contribution < 1.29 is 13.6 Å². The van der Waals surface area contributed by atoms with E-state index in [-0.39, 0.29) is 24.2 Å². The summed E-state index contributed by atoms with van der Waals surface area (Å²) in [7, 11) is 1.76. The number of alkyl halides is 2. The number of nitrogens with zero attached hydrogens (tertiary/aromatic N) is 1. The van der Waals surface area contributed by atoms with Crippen molar-refractivity contribution in [2.24, 2.45) is 11.8 Å². The van der Waals surface area contributed by atoms with Gasteiger partial charge >= 0.3 is 0 Å². The summed E-state index contributed by atoms with van der Waals surface area (Å²) in [6.07, 6.45) is 0.451. The van der Waals surface area contributed by atoms with E-state index in [0.717, 1.165) is 0 Å². The van der Waals surface area contributed by atoms with Gasteiger partial charge in [-0.2, -0.15) is 0 Å². The van der Waals surface area contributed by atoms with Crippen LogP contribution in [0.1, 0.15) is 19.8 Å². The largest absolute Gasteiger partial charge is 0.298 e. The highest BCUT2D eigenvalue weighted by molar-refractivity contribution is 5.82. The van der Waals surface area contributed by atoms with Gasteiger partial charge in [-0.1, -0.05) is 0 Å². The van der Waals surface area contributed by atoms with Gasteiger partial charge in [0.2, 0.25) is 0 Å². The number of ketones is 1. The summed E-state index contributed by atoms with van der Waals surface area (Å²) in [6, 6.07) is -0.270. The fourth-order valence-corrected chi connectivity index (χ4v) is 3.07. The van der Waals surface area contributed by atoms with Crippen LogP contribution in [0.5, 0.6) is 0 Å². The number of hydrogen-bond acceptors (Lipinski definition) is 2. The smallest absolute Gasteiger partial charge is 0.252 e. The van der Waals surface area contributed by atoms with Crippen LogP contribution in [0.25, 0.3) is 0 Å². The van der Waals surface area contributed by atoms with Gasteiger partial charge in [-0.15, -0.1) is 0 Å². The van der Waals surface area contributed by atoms with Crippen molar-refractivity contribution in [1.82, 2.24) is 4.90 Å². The second-order valence-corrected chi connectivity index (χ2v) is 4.57. The van der Waals surface area contributed by atoms with Crippen molar-refractivity contribution in [3.8, 4) is 0 Å². The highest BCUT2D eigenvalue weighted by Crippen LogP contribution is 2.50. The lowest BCUT2D eigenvalue weighted by molar-refractivity contribution is -0.121. The summed E-state index contributed by atoms with van der Waals surface area (Å²) in [5.41, 5.74) is 0. The van der Waals surface area contributed by atoms with Crippen LogP contribution in [-0.2, 0) is 4.79 Å². The number of hydrogen-bond donors (Lipinski definition) is 0. The molecule has 0 spiro atoms. The Bertz CT molecular complexity index is 267.